The van der Waals surface area contributed by atoms with Gasteiger partial charge in [0.05, 0.1) is 5.56 Å². The average Bonchev–Trinajstić information content (AvgIpc) is 2.49. The van der Waals surface area contributed by atoms with E-state index in [0.29, 0.717) is 12.4 Å². The molecule has 0 aliphatic carbocycles. The van der Waals surface area contributed by atoms with Gasteiger partial charge in [-0.3, -0.25) is 0 Å². The van der Waals surface area contributed by atoms with Gasteiger partial charge in [0, 0.05) is 6.54 Å². The van der Waals surface area contributed by atoms with Crippen molar-refractivity contribution in [3.63, 3.8) is 0 Å². The van der Waals surface area contributed by atoms with Gasteiger partial charge in [-0.1, -0.05) is 45.1 Å². The van der Waals surface area contributed by atoms with Crippen molar-refractivity contribution in [1.29, 1.82) is 0 Å². The number of carboxylic acid groups (broad SMARTS) is 1. The van der Waals surface area contributed by atoms with Crippen molar-refractivity contribution in [2.24, 2.45) is 0 Å². The summed E-state index contributed by atoms with van der Waals surface area (Å²) >= 11 is 0. The Balaban J connectivity index is 2.01. The third kappa shape index (κ3) is 8.35. The van der Waals surface area contributed by atoms with Crippen LogP contribution in [0, 0.1) is 0 Å². The minimum absolute atomic E-state index is 0.257. The molecular formula is C17H27NO3. The lowest BCUT2D eigenvalue weighted by molar-refractivity contribution is 0.0696. The molecule has 0 bridgehead atoms. The lowest BCUT2D eigenvalue weighted by atomic mass is 10.1. The van der Waals surface area contributed by atoms with Crippen LogP contribution in [-0.4, -0.2) is 30.8 Å². The fourth-order valence-corrected chi connectivity index (χ4v) is 2.12. The van der Waals surface area contributed by atoms with Crippen LogP contribution in [0.1, 0.15) is 55.8 Å². The van der Waals surface area contributed by atoms with E-state index >= 15 is 0 Å². The third-order valence-corrected chi connectivity index (χ3v) is 3.34. The number of ether oxygens (including phenoxy) is 1. The van der Waals surface area contributed by atoms with Crippen molar-refractivity contribution >= 4 is 5.97 Å². The van der Waals surface area contributed by atoms with Gasteiger partial charge in [0.25, 0.3) is 0 Å². The van der Waals surface area contributed by atoms with Crippen LogP contribution < -0.4 is 10.1 Å². The molecule has 0 saturated carbocycles. The quantitative estimate of drug-likeness (QED) is 0.577. The number of carboxylic acids is 1. The molecule has 1 aromatic carbocycles. The number of nitrogens with one attached hydrogen (secondary N) is 1. The Kier molecular flexibility index (Phi) is 9.29. The van der Waals surface area contributed by atoms with Crippen LogP contribution >= 0.6 is 0 Å². The van der Waals surface area contributed by atoms with Crippen LogP contribution in [-0.2, 0) is 0 Å². The molecule has 1 rings (SSSR count). The predicted molar refractivity (Wildman–Crippen MR) is 85.1 cm³/mol. The molecule has 0 aromatic heterocycles. The first-order chi connectivity index (χ1) is 10.2. The highest BCUT2D eigenvalue weighted by atomic mass is 16.5. The van der Waals surface area contributed by atoms with E-state index in [-0.39, 0.29) is 5.56 Å². The maximum absolute atomic E-state index is 10.8. The first-order valence-electron chi connectivity index (χ1n) is 7.91. The van der Waals surface area contributed by atoms with Gasteiger partial charge in [0.1, 0.15) is 12.4 Å². The SMILES string of the molecule is CCCCCCCCNCCOc1cccc(C(=O)O)c1. The molecule has 0 saturated heterocycles. The van der Waals surface area contributed by atoms with E-state index < -0.39 is 5.97 Å². The maximum Gasteiger partial charge on any atom is 0.335 e. The molecule has 2 N–H and O–H groups in total. The normalized spacial score (nSPS) is 10.5. The lowest BCUT2D eigenvalue weighted by Gasteiger charge is -2.08. The molecule has 0 spiro atoms. The monoisotopic (exact) mass is 293 g/mol. The van der Waals surface area contributed by atoms with E-state index in [0.717, 1.165) is 13.1 Å². The molecule has 0 aliphatic rings. The number of benzene rings is 1. The molecule has 21 heavy (non-hydrogen) atoms. The van der Waals surface area contributed by atoms with Gasteiger partial charge in [-0.2, -0.15) is 0 Å². The zero-order chi connectivity index (χ0) is 15.3. The van der Waals surface area contributed by atoms with Gasteiger partial charge >= 0.3 is 5.97 Å². The summed E-state index contributed by atoms with van der Waals surface area (Å²) in [6.07, 6.45) is 7.80. The first-order valence-corrected chi connectivity index (χ1v) is 7.91. The third-order valence-electron chi connectivity index (χ3n) is 3.34. The smallest absolute Gasteiger partial charge is 0.335 e. The minimum Gasteiger partial charge on any atom is -0.492 e. The van der Waals surface area contributed by atoms with Gasteiger partial charge < -0.3 is 15.2 Å². The molecule has 0 heterocycles. The molecule has 4 nitrogen and oxygen atoms in total. The van der Waals surface area contributed by atoms with Gasteiger partial charge in [-0.15, -0.1) is 0 Å². The molecule has 4 heteroatoms. The Morgan fingerprint density at radius 2 is 1.90 bits per heavy atom. The summed E-state index contributed by atoms with van der Waals surface area (Å²) < 4.78 is 5.53. The highest BCUT2D eigenvalue weighted by molar-refractivity contribution is 5.87. The minimum atomic E-state index is -0.929. The van der Waals surface area contributed by atoms with E-state index in [1.54, 1.807) is 24.3 Å². The van der Waals surface area contributed by atoms with Crippen LogP contribution in [0.4, 0.5) is 0 Å². The summed E-state index contributed by atoms with van der Waals surface area (Å²) in [6, 6.07) is 6.59. The van der Waals surface area contributed by atoms with Crippen molar-refractivity contribution < 1.29 is 14.6 Å². The largest absolute Gasteiger partial charge is 0.492 e. The van der Waals surface area contributed by atoms with Crippen molar-refractivity contribution in [3.05, 3.63) is 29.8 Å². The Bertz CT molecular complexity index is 407. The van der Waals surface area contributed by atoms with Crippen molar-refractivity contribution in [3.8, 4) is 5.75 Å². The molecule has 1 aromatic rings. The second-order valence-corrected chi connectivity index (χ2v) is 5.20. The average molecular weight is 293 g/mol. The maximum atomic E-state index is 10.8. The zero-order valence-electron chi connectivity index (χ0n) is 12.9. The van der Waals surface area contributed by atoms with Crippen LogP contribution in [0.15, 0.2) is 24.3 Å². The fraction of sp³-hybridized carbons (Fsp3) is 0.588. The fourth-order valence-electron chi connectivity index (χ4n) is 2.12. The molecule has 0 fully saturated rings. The van der Waals surface area contributed by atoms with E-state index in [1.807, 2.05) is 0 Å². The Hall–Kier alpha value is -1.55. The molecule has 0 radical (unpaired) electrons. The molecule has 0 aliphatic heterocycles. The van der Waals surface area contributed by atoms with Crippen LogP contribution in [0.2, 0.25) is 0 Å². The summed E-state index contributed by atoms with van der Waals surface area (Å²) in [5.41, 5.74) is 0.257. The number of hydrogen-bond donors (Lipinski definition) is 2. The number of hydrogen-bond acceptors (Lipinski definition) is 3. The summed E-state index contributed by atoms with van der Waals surface area (Å²) in [5, 5.41) is 12.2. The van der Waals surface area contributed by atoms with Crippen molar-refractivity contribution in [2.75, 3.05) is 19.7 Å². The van der Waals surface area contributed by atoms with E-state index in [2.05, 4.69) is 12.2 Å². The Morgan fingerprint density at radius 3 is 2.67 bits per heavy atom. The predicted octanol–water partition coefficient (Wildman–Crippen LogP) is 3.71. The highest BCUT2D eigenvalue weighted by Gasteiger charge is 2.03. The van der Waals surface area contributed by atoms with Crippen LogP contribution in [0.25, 0.3) is 0 Å². The summed E-state index contributed by atoms with van der Waals surface area (Å²) in [7, 11) is 0. The molecule has 118 valence electrons. The number of rotatable bonds is 12. The first kappa shape index (κ1) is 17.5. The molecule has 0 unspecified atom stereocenters. The van der Waals surface area contributed by atoms with Gasteiger partial charge in [-0.25, -0.2) is 4.79 Å². The van der Waals surface area contributed by atoms with Gasteiger partial charge in [0.2, 0.25) is 0 Å². The highest BCUT2D eigenvalue weighted by Crippen LogP contribution is 2.12. The van der Waals surface area contributed by atoms with E-state index in [9.17, 15) is 4.79 Å². The molecular weight excluding hydrogens is 266 g/mol. The van der Waals surface area contributed by atoms with Gasteiger partial charge in [0.15, 0.2) is 0 Å². The van der Waals surface area contributed by atoms with Crippen molar-refractivity contribution in [1.82, 2.24) is 5.32 Å². The second-order valence-electron chi connectivity index (χ2n) is 5.20. The summed E-state index contributed by atoms with van der Waals surface area (Å²) in [6.45, 7) is 4.59. The summed E-state index contributed by atoms with van der Waals surface area (Å²) in [5.74, 6) is -0.321. The Morgan fingerprint density at radius 1 is 1.14 bits per heavy atom. The van der Waals surface area contributed by atoms with Crippen LogP contribution in [0.3, 0.4) is 0 Å². The molecule has 0 atom stereocenters. The number of carbonyl (C=O) groups is 1. The second kappa shape index (κ2) is 11.1. The van der Waals surface area contributed by atoms with Gasteiger partial charge in [-0.05, 0) is 31.2 Å². The van der Waals surface area contributed by atoms with Crippen LogP contribution in [0.5, 0.6) is 5.75 Å². The van der Waals surface area contributed by atoms with E-state index in [1.165, 1.54) is 38.5 Å². The standard InChI is InChI=1S/C17H27NO3/c1-2-3-4-5-6-7-11-18-12-13-21-16-10-8-9-15(14-16)17(19)20/h8-10,14,18H,2-7,11-13H2,1H3,(H,19,20). The topological polar surface area (TPSA) is 58.6 Å². The number of aromatic carboxylic acids is 1. The zero-order valence-corrected chi connectivity index (χ0v) is 12.9. The Labute approximate surface area is 127 Å². The lowest BCUT2D eigenvalue weighted by Crippen LogP contribution is -2.22. The molecule has 0 amide bonds. The van der Waals surface area contributed by atoms with Crippen molar-refractivity contribution in [2.45, 2.75) is 45.4 Å². The summed E-state index contributed by atoms with van der Waals surface area (Å²) in [4.78, 5) is 10.8. The number of unbranched alkanes of at least 4 members (excludes halogenated alkanes) is 5. The van der Waals surface area contributed by atoms with E-state index in [4.69, 9.17) is 9.84 Å².